The number of Topliss-reactive ketones (excluding diaryl/α,β-unsaturated/α-hetero) is 1. The molecule has 0 saturated heterocycles. The highest BCUT2D eigenvalue weighted by atomic mass is 16.5. The van der Waals surface area contributed by atoms with Gasteiger partial charge in [0, 0.05) is 18.0 Å². The van der Waals surface area contributed by atoms with Crippen molar-refractivity contribution >= 4 is 11.6 Å². The Bertz CT molecular complexity index is 1460. The molecule has 3 aromatic rings. The second kappa shape index (κ2) is 12.1. The number of ketones is 1. The first kappa shape index (κ1) is 29.5. The van der Waals surface area contributed by atoms with Gasteiger partial charge in [-0.05, 0) is 103 Å². The Morgan fingerprint density at radius 3 is 2.55 bits per heavy atom. The molecule has 1 aromatic heterocycles. The van der Waals surface area contributed by atoms with E-state index in [0.29, 0.717) is 36.4 Å². The number of methoxy groups -OCH3 is 2. The summed E-state index contributed by atoms with van der Waals surface area (Å²) in [6.45, 7) is 0. The molecule has 6 N–H and O–H groups in total. The van der Waals surface area contributed by atoms with Crippen LogP contribution in [0, 0.1) is 11.8 Å². The number of rotatable bonds is 11. The molecule has 42 heavy (non-hydrogen) atoms. The van der Waals surface area contributed by atoms with Crippen molar-refractivity contribution in [1.82, 2.24) is 4.98 Å². The predicted octanol–water partition coefficient (Wildman–Crippen LogP) is 4.59. The minimum atomic E-state index is -0.930. The number of nitrogen functional groups attached to an aromatic ring is 1. The summed E-state index contributed by atoms with van der Waals surface area (Å²) in [5.41, 5.74) is 9.36. The molecule has 2 aromatic carbocycles. The number of nitrogens with two attached hydrogens (primary N) is 1. The van der Waals surface area contributed by atoms with Crippen LogP contribution in [-0.4, -0.2) is 51.5 Å². The molecule has 0 spiro atoms. The zero-order valence-corrected chi connectivity index (χ0v) is 24.2. The van der Waals surface area contributed by atoms with Gasteiger partial charge in [-0.15, -0.1) is 0 Å². The molecule has 1 fully saturated rings. The second-order valence-corrected chi connectivity index (χ2v) is 11.6. The molecular weight excluding hydrogens is 536 g/mol. The van der Waals surface area contributed by atoms with Gasteiger partial charge in [0.05, 0.1) is 26.2 Å². The van der Waals surface area contributed by atoms with Crippen molar-refractivity contribution in [3.63, 3.8) is 0 Å². The fourth-order valence-corrected chi connectivity index (χ4v) is 7.54. The summed E-state index contributed by atoms with van der Waals surface area (Å²) in [4.78, 5) is 18.7. The maximum atomic E-state index is 14.3. The molecule has 4 atom stereocenters. The van der Waals surface area contributed by atoms with Gasteiger partial charge in [-0.3, -0.25) is 4.79 Å². The number of fused-ring (bicyclic) bond motifs is 3. The number of aromatic hydroxyl groups is 3. The van der Waals surface area contributed by atoms with E-state index in [4.69, 9.17) is 15.2 Å². The number of hydrogen-bond donors (Lipinski definition) is 5. The van der Waals surface area contributed by atoms with Crippen LogP contribution >= 0.6 is 0 Å². The van der Waals surface area contributed by atoms with E-state index >= 15 is 0 Å². The summed E-state index contributed by atoms with van der Waals surface area (Å²) in [6, 6.07) is 10.2. The van der Waals surface area contributed by atoms with Crippen molar-refractivity contribution in [2.45, 2.75) is 69.3 Å². The number of carbonyl (C=O) groups is 1. The molecule has 0 aliphatic heterocycles. The minimum absolute atomic E-state index is 0.0458. The number of pyridine rings is 1. The topological polar surface area (TPSA) is 155 Å². The minimum Gasteiger partial charge on any atom is -0.504 e. The lowest BCUT2D eigenvalue weighted by Crippen LogP contribution is -2.51. The highest BCUT2D eigenvalue weighted by Gasteiger charge is 2.56. The lowest BCUT2D eigenvalue weighted by atomic mass is 9.56. The number of aryl methyl sites for hydroxylation is 2. The predicted molar refractivity (Wildman–Crippen MR) is 158 cm³/mol. The van der Waals surface area contributed by atoms with Crippen molar-refractivity contribution in [2.24, 2.45) is 11.8 Å². The Morgan fingerprint density at radius 1 is 1.02 bits per heavy atom. The Kier molecular flexibility index (Phi) is 8.50. The highest BCUT2D eigenvalue weighted by Crippen LogP contribution is 2.58. The van der Waals surface area contributed by atoms with Crippen LogP contribution in [0.15, 0.2) is 42.6 Å². The first-order valence-corrected chi connectivity index (χ1v) is 14.6. The summed E-state index contributed by atoms with van der Waals surface area (Å²) in [5.74, 6) is -0.101. The SMILES string of the molecule is COc1cc(CCC(O)C(C(=O)CCc2cc(O)c(O)c(OC)c2)C23CCCC2CCc2c3ccnc2N)ccc1O. The first-order chi connectivity index (χ1) is 20.2. The van der Waals surface area contributed by atoms with E-state index in [9.17, 15) is 25.2 Å². The summed E-state index contributed by atoms with van der Waals surface area (Å²) in [5, 5.41) is 42.1. The van der Waals surface area contributed by atoms with Crippen LogP contribution in [-0.2, 0) is 29.5 Å². The van der Waals surface area contributed by atoms with Crippen LogP contribution in [0.4, 0.5) is 5.82 Å². The number of aliphatic hydroxyl groups is 1. The molecule has 9 nitrogen and oxygen atoms in total. The maximum absolute atomic E-state index is 14.3. The number of benzene rings is 2. The van der Waals surface area contributed by atoms with Gasteiger partial charge in [0.15, 0.2) is 23.0 Å². The summed E-state index contributed by atoms with van der Waals surface area (Å²) < 4.78 is 10.4. The Morgan fingerprint density at radius 2 is 1.79 bits per heavy atom. The molecule has 1 saturated carbocycles. The fraction of sp³-hybridized carbons (Fsp3) is 0.455. The molecule has 4 unspecified atom stereocenters. The molecule has 9 heteroatoms. The van der Waals surface area contributed by atoms with Gasteiger partial charge < -0.3 is 35.6 Å². The quantitative estimate of drug-likeness (QED) is 0.206. The van der Waals surface area contributed by atoms with Gasteiger partial charge in [-0.25, -0.2) is 4.98 Å². The van der Waals surface area contributed by atoms with Crippen LogP contribution in [0.3, 0.4) is 0 Å². The van der Waals surface area contributed by atoms with Gasteiger partial charge in [0.2, 0.25) is 5.75 Å². The molecule has 224 valence electrons. The number of phenols is 3. The first-order valence-electron chi connectivity index (χ1n) is 14.6. The Balaban J connectivity index is 1.49. The van der Waals surface area contributed by atoms with E-state index in [2.05, 4.69) is 4.98 Å². The van der Waals surface area contributed by atoms with E-state index in [0.717, 1.165) is 48.8 Å². The van der Waals surface area contributed by atoms with Crippen LogP contribution in [0.5, 0.6) is 28.7 Å². The molecule has 0 bridgehead atoms. The van der Waals surface area contributed by atoms with Gasteiger partial charge in [0.1, 0.15) is 11.6 Å². The number of carbonyl (C=O) groups excluding carboxylic acids is 1. The monoisotopic (exact) mass is 576 g/mol. The number of hydrogen-bond acceptors (Lipinski definition) is 9. The van der Waals surface area contributed by atoms with E-state index in [1.165, 1.54) is 20.3 Å². The van der Waals surface area contributed by atoms with Gasteiger partial charge >= 0.3 is 0 Å². The lowest BCUT2D eigenvalue weighted by Gasteiger charge is -2.48. The summed E-state index contributed by atoms with van der Waals surface area (Å²) in [7, 11) is 2.90. The highest BCUT2D eigenvalue weighted by molar-refractivity contribution is 5.84. The van der Waals surface area contributed by atoms with E-state index in [1.807, 2.05) is 6.07 Å². The van der Waals surface area contributed by atoms with Crippen LogP contribution in [0.2, 0.25) is 0 Å². The zero-order valence-electron chi connectivity index (χ0n) is 24.2. The summed E-state index contributed by atoms with van der Waals surface area (Å²) in [6.07, 6.45) is 6.49. The smallest absolute Gasteiger partial charge is 0.200 e. The largest absolute Gasteiger partial charge is 0.504 e. The van der Waals surface area contributed by atoms with Gasteiger partial charge in [-0.2, -0.15) is 0 Å². The van der Waals surface area contributed by atoms with Crippen molar-refractivity contribution < 1.29 is 34.7 Å². The average molecular weight is 577 g/mol. The average Bonchev–Trinajstić information content (AvgIpc) is 3.42. The van der Waals surface area contributed by atoms with Crippen LogP contribution in [0.25, 0.3) is 0 Å². The third-order valence-corrected chi connectivity index (χ3v) is 9.46. The van der Waals surface area contributed by atoms with Crippen molar-refractivity contribution in [3.05, 3.63) is 64.8 Å². The Hall–Kier alpha value is -3.98. The van der Waals surface area contributed by atoms with Crippen LogP contribution < -0.4 is 15.2 Å². The van der Waals surface area contributed by atoms with Crippen molar-refractivity contribution in [1.29, 1.82) is 0 Å². The number of nitrogens with zero attached hydrogens (tertiary/aromatic N) is 1. The number of phenolic OH excluding ortho intramolecular Hbond substituents is 3. The van der Waals surface area contributed by atoms with Crippen LogP contribution in [0.1, 0.15) is 60.8 Å². The van der Waals surface area contributed by atoms with E-state index in [-0.39, 0.29) is 41.1 Å². The number of aliphatic hydroxyl groups excluding tert-OH is 1. The fourth-order valence-electron chi connectivity index (χ4n) is 7.54. The standard InChI is InChI=1S/C33H40N2O7/c1-41-28-17-19(5-10-24(28)36)6-11-25(37)30(26(38)12-7-20-16-27(39)31(40)29(18-20)42-2)33-14-3-4-21(33)8-9-22-23(33)13-15-35-32(22)34/h5,10,13,15-18,21,25,30,36-37,39-40H,3-4,6-9,11-12,14H2,1-2H3,(H2,34,35). The van der Waals surface area contributed by atoms with Gasteiger partial charge in [-0.1, -0.05) is 12.5 Å². The van der Waals surface area contributed by atoms with Gasteiger partial charge in [0.25, 0.3) is 0 Å². The van der Waals surface area contributed by atoms with Crippen molar-refractivity contribution in [2.75, 3.05) is 20.0 Å². The van der Waals surface area contributed by atoms with E-state index < -0.39 is 17.4 Å². The molecule has 1 heterocycles. The zero-order chi connectivity index (χ0) is 30.0. The molecule has 0 radical (unpaired) electrons. The maximum Gasteiger partial charge on any atom is 0.200 e. The third-order valence-electron chi connectivity index (χ3n) is 9.46. The molecule has 2 aliphatic rings. The molecular formula is C33H40N2O7. The van der Waals surface area contributed by atoms with Crippen molar-refractivity contribution in [3.8, 4) is 28.7 Å². The summed E-state index contributed by atoms with van der Waals surface area (Å²) >= 11 is 0. The number of anilines is 1. The number of ether oxygens (including phenoxy) is 2. The normalized spacial score (nSPS) is 20.8. The molecule has 0 amide bonds. The third kappa shape index (κ3) is 5.33. The molecule has 5 rings (SSSR count). The second-order valence-electron chi connectivity index (χ2n) is 11.6. The van der Waals surface area contributed by atoms with E-state index in [1.54, 1.807) is 30.5 Å². The molecule has 2 aliphatic carbocycles. The lowest BCUT2D eigenvalue weighted by molar-refractivity contribution is -0.131. The Labute approximate surface area is 245 Å². The number of aromatic nitrogens is 1.